The maximum Gasteiger partial charge on any atom is 0.136 e. The molecule has 2 heterocycles. The fraction of sp³-hybridized carbons (Fsp3) is 0. The van der Waals surface area contributed by atoms with Gasteiger partial charge in [0, 0.05) is 44.2 Å². The summed E-state index contributed by atoms with van der Waals surface area (Å²) in [5.41, 5.74) is 15.4. The largest absolute Gasteiger partial charge is 0.456 e. The van der Waals surface area contributed by atoms with E-state index in [0.717, 1.165) is 72.5 Å². The van der Waals surface area contributed by atoms with Crippen LogP contribution in [0.1, 0.15) is 0 Å². The molecule has 10 aromatic carbocycles. The number of nitrogens with zero attached hydrogens (tertiary/aromatic N) is 2. The molecule has 0 aliphatic rings. The first-order chi connectivity index (χ1) is 30.2. The number of hydrogen-bond acceptors (Lipinski definition) is 2. The van der Waals surface area contributed by atoms with Crippen molar-refractivity contribution in [1.29, 1.82) is 0 Å². The van der Waals surface area contributed by atoms with E-state index >= 15 is 0 Å². The number of para-hydroxylation sites is 3. The summed E-state index contributed by atoms with van der Waals surface area (Å²) >= 11 is 0. The van der Waals surface area contributed by atoms with Gasteiger partial charge in [-0.3, -0.25) is 0 Å². The van der Waals surface area contributed by atoms with Crippen LogP contribution in [0.2, 0.25) is 0 Å². The van der Waals surface area contributed by atoms with Crippen molar-refractivity contribution in [3.63, 3.8) is 0 Å². The smallest absolute Gasteiger partial charge is 0.136 e. The fourth-order valence-electron chi connectivity index (χ4n) is 9.31. The van der Waals surface area contributed by atoms with Gasteiger partial charge in [0.05, 0.1) is 16.7 Å². The highest BCUT2D eigenvalue weighted by Crippen LogP contribution is 2.45. The lowest BCUT2D eigenvalue weighted by molar-refractivity contribution is 0.669. The fourth-order valence-corrected chi connectivity index (χ4v) is 9.31. The van der Waals surface area contributed by atoms with Crippen molar-refractivity contribution in [2.24, 2.45) is 0 Å². The zero-order valence-corrected chi connectivity index (χ0v) is 33.2. The quantitative estimate of drug-likeness (QED) is 0.161. The zero-order chi connectivity index (χ0) is 40.3. The number of fused-ring (bicyclic) bond motifs is 7. The van der Waals surface area contributed by atoms with Gasteiger partial charge in [0.1, 0.15) is 11.2 Å². The average Bonchev–Trinajstić information content (AvgIpc) is 3.88. The Bertz CT molecular complexity index is 3520. The first-order valence-corrected chi connectivity index (χ1v) is 20.8. The summed E-state index contributed by atoms with van der Waals surface area (Å²) in [5.74, 6) is 0. The second-order valence-electron chi connectivity index (χ2n) is 15.7. The predicted molar refractivity (Wildman–Crippen MR) is 257 cm³/mol. The molecule has 2 aromatic heterocycles. The van der Waals surface area contributed by atoms with Gasteiger partial charge < -0.3 is 13.9 Å². The van der Waals surface area contributed by atoms with Crippen molar-refractivity contribution in [2.75, 3.05) is 4.90 Å². The van der Waals surface area contributed by atoms with E-state index in [9.17, 15) is 0 Å². The molecule has 3 nitrogen and oxygen atoms in total. The van der Waals surface area contributed by atoms with E-state index < -0.39 is 0 Å². The lowest BCUT2D eigenvalue weighted by Crippen LogP contribution is -2.11. The maximum absolute atomic E-state index is 6.29. The van der Waals surface area contributed by atoms with Crippen molar-refractivity contribution < 1.29 is 4.42 Å². The molecular formula is C58H38N2O. The molecule has 286 valence electrons. The van der Waals surface area contributed by atoms with Crippen LogP contribution in [-0.2, 0) is 0 Å². The summed E-state index contributed by atoms with van der Waals surface area (Å²) in [7, 11) is 0. The first-order valence-electron chi connectivity index (χ1n) is 20.8. The van der Waals surface area contributed by atoms with E-state index in [0.29, 0.717) is 0 Å². The van der Waals surface area contributed by atoms with E-state index in [1.54, 1.807) is 0 Å². The molecule has 0 spiro atoms. The number of rotatable bonds is 7. The van der Waals surface area contributed by atoms with Gasteiger partial charge in [-0.05, 0) is 111 Å². The van der Waals surface area contributed by atoms with Gasteiger partial charge in [-0.1, -0.05) is 158 Å². The summed E-state index contributed by atoms with van der Waals surface area (Å²) in [6.45, 7) is 0. The predicted octanol–water partition coefficient (Wildman–Crippen LogP) is 16.3. The molecule has 0 fully saturated rings. The molecule has 0 unspecified atom stereocenters. The molecule has 0 bridgehead atoms. The van der Waals surface area contributed by atoms with Crippen molar-refractivity contribution in [3.8, 4) is 39.1 Å². The van der Waals surface area contributed by atoms with Crippen LogP contribution in [0.15, 0.2) is 235 Å². The van der Waals surface area contributed by atoms with Crippen LogP contribution in [0.3, 0.4) is 0 Å². The van der Waals surface area contributed by atoms with Crippen LogP contribution in [0.4, 0.5) is 17.1 Å². The minimum absolute atomic E-state index is 0.894. The second-order valence-corrected chi connectivity index (χ2v) is 15.7. The Morgan fingerprint density at radius 3 is 1.66 bits per heavy atom. The molecule has 12 rings (SSSR count). The highest BCUT2D eigenvalue weighted by Gasteiger charge is 2.21. The first kappa shape index (κ1) is 34.9. The summed E-state index contributed by atoms with van der Waals surface area (Å²) in [6, 6.07) is 83.1. The average molecular weight is 779 g/mol. The molecule has 0 saturated heterocycles. The highest BCUT2D eigenvalue weighted by molar-refractivity contribution is 6.12. The highest BCUT2D eigenvalue weighted by atomic mass is 16.3. The summed E-state index contributed by atoms with van der Waals surface area (Å²) in [4.78, 5) is 2.42. The van der Waals surface area contributed by atoms with E-state index in [-0.39, 0.29) is 0 Å². The normalized spacial score (nSPS) is 11.6. The molecule has 0 radical (unpaired) electrons. The van der Waals surface area contributed by atoms with Gasteiger partial charge >= 0.3 is 0 Å². The van der Waals surface area contributed by atoms with Crippen molar-refractivity contribution in [2.45, 2.75) is 0 Å². The minimum atomic E-state index is 0.894. The van der Waals surface area contributed by atoms with Crippen molar-refractivity contribution >= 4 is 71.6 Å². The molecule has 0 N–H and O–H groups in total. The standard InChI is InChI=1S/C58H38N2O/c1-2-14-40(15-3-1)48-36-29-44(43-26-25-39-13-4-5-16-42(39)37-43)38-55(48)59(45-30-27-41(28-31-45)49-20-12-24-57-58(49)52-19-8-11-23-56(52)61-57)46-32-34-47(35-33-46)60-53-21-9-6-17-50(53)51-18-7-10-22-54(51)60/h1-38H. The van der Waals surface area contributed by atoms with Crippen LogP contribution in [-0.4, -0.2) is 4.57 Å². The van der Waals surface area contributed by atoms with Gasteiger partial charge in [-0.25, -0.2) is 0 Å². The summed E-state index contributed by atoms with van der Waals surface area (Å²) in [5, 5.41) is 7.22. The molecule has 0 aliphatic carbocycles. The second kappa shape index (κ2) is 14.3. The number of furan rings is 1. The molecule has 61 heavy (non-hydrogen) atoms. The third-order valence-corrected chi connectivity index (χ3v) is 12.2. The molecule has 0 saturated carbocycles. The third-order valence-electron chi connectivity index (χ3n) is 12.2. The van der Waals surface area contributed by atoms with Crippen LogP contribution in [0, 0.1) is 0 Å². The number of aromatic nitrogens is 1. The van der Waals surface area contributed by atoms with Crippen LogP contribution in [0.25, 0.3) is 93.6 Å². The Hall–Kier alpha value is -8.14. The Balaban J connectivity index is 1.05. The molecule has 0 amide bonds. The summed E-state index contributed by atoms with van der Waals surface area (Å²) < 4.78 is 8.67. The Morgan fingerprint density at radius 1 is 0.344 bits per heavy atom. The lowest BCUT2D eigenvalue weighted by Gasteiger charge is -2.29. The summed E-state index contributed by atoms with van der Waals surface area (Å²) in [6.07, 6.45) is 0. The molecule has 12 aromatic rings. The van der Waals surface area contributed by atoms with E-state index in [1.165, 1.54) is 38.1 Å². The number of anilines is 3. The maximum atomic E-state index is 6.29. The molecule has 3 heteroatoms. The number of benzene rings is 10. The van der Waals surface area contributed by atoms with Crippen LogP contribution in [0.5, 0.6) is 0 Å². The van der Waals surface area contributed by atoms with E-state index in [2.05, 4.69) is 228 Å². The topological polar surface area (TPSA) is 21.3 Å². The Morgan fingerprint density at radius 2 is 0.902 bits per heavy atom. The minimum Gasteiger partial charge on any atom is -0.456 e. The zero-order valence-electron chi connectivity index (χ0n) is 33.2. The van der Waals surface area contributed by atoms with Crippen molar-refractivity contribution in [3.05, 3.63) is 231 Å². The van der Waals surface area contributed by atoms with Crippen LogP contribution >= 0.6 is 0 Å². The van der Waals surface area contributed by atoms with Gasteiger partial charge in [-0.15, -0.1) is 0 Å². The SMILES string of the molecule is c1ccc(-c2ccc(-c3ccc4ccccc4c3)cc2N(c2ccc(-c3cccc4oc5ccccc5c34)cc2)c2ccc(-n3c4ccccc4c4ccccc43)cc2)cc1. The Labute approximate surface area is 353 Å². The lowest BCUT2D eigenvalue weighted by atomic mass is 9.95. The van der Waals surface area contributed by atoms with Gasteiger partial charge in [0.2, 0.25) is 0 Å². The van der Waals surface area contributed by atoms with E-state index in [4.69, 9.17) is 4.42 Å². The Kier molecular flexibility index (Phi) is 8.17. The monoisotopic (exact) mass is 778 g/mol. The molecular weight excluding hydrogens is 741 g/mol. The van der Waals surface area contributed by atoms with Crippen molar-refractivity contribution in [1.82, 2.24) is 4.57 Å². The number of hydrogen-bond donors (Lipinski definition) is 0. The van der Waals surface area contributed by atoms with Gasteiger partial charge in [0.25, 0.3) is 0 Å². The third kappa shape index (κ3) is 5.90. The van der Waals surface area contributed by atoms with Gasteiger partial charge in [0.15, 0.2) is 0 Å². The molecule has 0 aliphatic heterocycles. The van der Waals surface area contributed by atoms with Gasteiger partial charge in [-0.2, -0.15) is 0 Å². The van der Waals surface area contributed by atoms with Crippen LogP contribution < -0.4 is 4.90 Å². The van der Waals surface area contributed by atoms with E-state index in [1.807, 2.05) is 12.1 Å². The molecule has 0 atom stereocenters.